The van der Waals surface area contributed by atoms with Crippen LogP contribution in [-0.4, -0.2) is 24.5 Å². The van der Waals surface area contributed by atoms with Gasteiger partial charge in [-0.2, -0.15) is 0 Å². The van der Waals surface area contributed by atoms with Crippen molar-refractivity contribution >= 4 is 43.5 Å². The summed E-state index contributed by atoms with van der Waals surface area (Å²) in [4.78, 5) is 20.3. The summed E-state index contributed by atoms with van der Waals surface area (Å²) < 4.78 is 2.32. The van der Waals surface area contributed by atoms with E-state index in [1.807, 2.05) is 36.4 Å². The molecule has 8 aromatic carbocycles. The maximum absolute atomic E-state index is 5.15. The van der Waals surface area contributed by atoms with Crippen LogP contribution in [0.15, 0.2) is 200 Å². The Morgan fingerprint density at radius 3 is 1.37 bits per heavy atom. The lowest BCUT2D eigenvalue weighted by Gasteiger charge is -2.14. The summed E-state index contributed by atoms with van der Waals surface area (Å²) in [6.07, 6.45) is 0. The fourth-order valence-electron chi connectivity index (χ4n) is 8.17. The van der Waals surface area contributed by atoms with E-state index in [9.17, 15) is 0 Å². The van der Waals surface area contributed by atoms with Gasteiger partial charge in [-0.25, -0.2) is 19.9 Å². The molecular formula is C52H33N5. The minimum Gasteiger partial charge on any atom is -0.309 e. The molecule has 3 heterocycles. The summed E-state index contributed by atoms with van der Waals surface area (Å²) >= 11 is 0. The van der Waals surface area contributed by atoms with Crippen LogP contribution in [0.25, 0.3) is 106 Å². The number of hydrogen-bond donors (Lipinski definition) is 0. The second-order valence-electron chi connectivity index (χ2n) is 14.2. The highest BCUT2D eigenvalue weighted by Gasteiger charge is 2.17. The van der Waals surface area contributed by atoms with Crippen molar-refractivity contribution in [1.29, 1.82) is 0 Å². The standard InChI is InChI=1S/C52H33N5/c1-3-14-35(15-4-1)49-44-22-13-21-40(48(44)43-20-7-10-23-45(43)53-49)34-26-28-37(29-27-34)51-54-50(36-16-5-2-6-17-36)55-52(56-51)38-30-32-39(33-31-38)57-46-24-11-8-18-41(46)42-19-9-12-25-47(42)57/h1-33H. The van der Waals surface area contributed by atoms with Crippen LogP contribution in [0.1, 0.15) is 0 Å². The monoisotopic (exact) mass is 727 g/mol. The summed E-state index contributed by atoms with van der Waals surface area (Å²) in [6.45, 7) is 0. The van der Waals surface area contributed by atoms with Crippen LogP contribution >= 0.6 is 0 Å². The maximum atomic E-state index is 5.15. The summed E-state index contributed by atoms with van der Waals surface area (Å²) in [7, 11) is 0. The quantitative estimate of drug-likeness (QED) is 0.160. The van der Waals surface area contributed by atoms with Crippen molar-refractivity contribution in [3.8, 4) is 62.2 Å². The van der Waals surface area contributed by atoms with Gasteiger partial charge in [0.2, 0.25) is 0 Å². The summed E-state index contributed by atoms with van der Waals surface area (Å²) in [5.41, 5.74) is 11.5. The molecule has 5 nitrogen and oxygen atoms in total. The largest absolute Gasteiger partial charge is 0.309 e. The van der Waals surface area contributed by atoms with Crippen molar-refractivity contribution in [1.82, 2.24) is 24.5 Å². The Morgan fingerprint density at radius 2 is 0.754 bits per heavy atom. The van der Waals surface area contributed by atoms with Gasteiger partial charge in [-0.05, 0) is 53.6 Å². The highest BCUT2D eigenvalue weighted by molar-refractivity contribution is 6.17. The Kier molecular flexibility index (Phi) is 7.74. The smallest absolute Gasteiger partial charge is 0.164 e. The van der Waals surface area contributed by atoms with E-state index in [4.69, 9.17) is 19.9 Å². The first-order valence-corrected chi connectivity index (χ1v) is 19.1. The molecule has 57 heavy (non-hydrogen) atoms. The van der Waals surface area contributed by atoms with Gasteiger partial charge in [0, 0.05) is 54.9 Å². The predicted molar refractivity (Wildman–Crippen MR) is 234 cm³/mol. The number of para-hydroxylation sites is 3. The Morgan fingerprint density at radius 1 is 0.298 bits per heavy atom. The van der Waals surface area contributed by atoms with E-state index in [0.29, 0.717) is 17.5 Å². The third-order valence-corrected chi connectivity index (χ3v) is 10.9. The van der Waals surface area contributed by atoms with E-state index in [2.05, 4.69) is 168 Å². The van der Waals surface area contributed by atoms with Gasteiger partial charge in [0.15, 0.2) is 17.5 Å². The number of benzene rings is 8. The second kappa shape index (κ2) is 13.5. The van der Waals surface area contributed by atoms with Crippen LogP contribution in [0.3, 0.4) is 0 Å². The molecule has 0 fully saturated rings. The first-order chi connectivity index (χ1) is 28.3. The van der Waals surface area contributed by atoms with Gasteiger partial charge >= 0.3 is 0 Å². The third-order valence-electron chi connectivity index (χ3n) is 10.9. The SMILES string of the molecule is c1ccc(-c2nc(-c3ccc(-c4cccc5c(-c6ccccc6)nc6ccccc6c45)cc3)nc(-c3ccc(-n4c5ccccc5c5ccccc54)cc3)n2)cc1. The van der Waals surface area contributed by atoms with Crippen LogP contribution in [0.2, 0.25) is 0 Å². The Bertz CT molecular complexity index is 3210. The normalized spacial score (nSPS) is 11.5. The molecule has 0 spiro atoms. The fraction of sp³-hybridized carbons (Fsp3) is 0. The van der Waals surface area contributed by atoms with Crippen molar-refractivity contribution in [2.75, 3.05) is 0 Å². The third kappa shape index (κ3) is 5.64. The van der Waals surface area contributed by atoms with E-state index < -0.39 is 0 Å². The second-order valence-corrected chi connectivity index (χ2v) is 14.2. The Hall–Kier alpha value is -7.76. The predicted octanol–water partition coefficient (Wildman–Crippen LogP) is 13.0. The van der Waals surface area contributed by atoms with Crippen LogP contribution < -0.4 is 0 Å². The molecule has 0 unspecified atom stereocenters. The van der Waals surface area contributed by atoms with Gasteiger partial charge in [-0.1, -0.05) is 158 Å². The molecule has 0 aliphatic heterocycles. The molecular weight excluding hydrogens is 695 g/mol. The summed E-state index contributed by atoms with van der Waals surface area (Å²) in [5, 5.41) is 5.92. The zero-order chi connectivity index (χ0) is 37.7. The molecule has 0 N–H and O–H groups in total. The molecule has 0 saturated carbocycles. The molecule has 3 aromatic heterocycles. The number of pyridine rings is 1. The van der Waals surface area contributed by atoms with Crippen LogP contribution in [0, 0.1) is 0 Å². The lowest BCUT2D eigenvalue weighted by atomic mass is 9.92. The van der Waals surface area contributed by atoms with Crippen LogP contribution in [-0.2, 0) is 0 Å². The number of rotatable bonds is 6. The molecule has 11 rings (SSSR count). The topological polar surface area (TPSA) is 56.5 Å². The first kappa shape index (κ1) is 32.7. The highest BCUT2D eigenvalue weighted by atomic mass is 15.0. The van der Waals surface area contributed by atoms with E-state index in [1.54, 1.807) is 0 Å². The molecule has 11 aromatic rings. The van der Waals surface area contributed by atoms with E-state index in [0.717, 1.165) is 61.1 Å². The lowest BCUT2D eigenvalue weighted by Crippen LogP contribution is -2.00. The van der Waals surface area contributed by atoms with Crippen molar-refractivity contribution in [3.63, 3.8) is 0 Å². The molecule has 266 valence electrons. The van der Waals surface area contributed by atoms with Crippen molar-refractivity contribution < 1.29 is 0 Å². The Balaban J connectivity index is 1.01. The van der Waals surface area contributed by atoms with Crippen molar-refractivity contribution in [2.45, 2.75) is 0 Å². The molecule has 0 radical (unpaired) electrons. The van der Waals surface area contributed by atoms with Gasteiger partial charge in [-0.3, -0.25) is 0 Å². The lowest BCUT2D eigenvalue weighted by molar-refractivity contribution is 1.07. The molecule has 0 saturated heterocycles. The molecule has 0 bridgehead atoms. The zero-order valence-corrected chi connectivity index (χ0v) is 30.8. The van der Waals surface area contributed by atoms with Crippen molar-refractivity contribution in [3.05, 3.63) is 200 Å². The van der Waals surface area contributed by atoms with Crippen LogP contribution in [0.5, 0.6) is 0 Å². The first-order valence-electron chi connectivity index (χ1n) is 19.1. The number of fused-ring (bicyclic) bond motifs is 6. The minimum absolute atomic E-state index is 0.621. The molecule has 0 atom stereocenters. The minimum atomic E-state index is 0.621. The summed E-state index contributed by atoms with van der Waals surface area (Å²) in [6, 6.07) is 69.7. The van der Waals surface area contributed by atoms with Gasteiger partial charge in [-0.15, -0.1) is 0 Å². The molecule has 0 aliphatic rings. The number of hydrogen-bond acceptors (Lipinski definition) is 4. The number of nitrogens with zero attached hydrogens (tertiary/aromatic N) is 5. The molecule has 0 amide bonds. The average Bonchev–Trinajstić information content (AvgIpc) is 3.63. The summed E-state index contributed by atoms with van der Waals surface area (Å²) in [5.74, 6) is 1.88. The van der Waals surface area contributed by atoms with E-state index >= 15 is 0 Å². The van der Waals surface area contributed by atoms with E-state index in [-0.39, 0.29) is 0 Å². The fourth-order valence-corrected chi connectivity index (χ4v) is 8.17. The highest BCUT2D eigenvalue weighted by Crippen LogP contribution is 2.39. The van der Waals surface area contributed by atoms with Gasteiger partial charge in [0.05, 0.1) is 22.2 Å². The zero-order valence-electron chi connectivity index (χ0n) is 30.8. The van der Waals surface area contributed by atoms with Gasteiger partial charge < -0.3 is 4.57 Å². The van der Waals surface area contributed by atoms with Crippen molar-refractivity contribution in [2.24, 2.45) is 0 Å². The number of aromatic nitrogens is 5. The Labute approximate surface area is 329 Å². The average molecular weight is 728 g/mol. The molecule has 0 aliphatic carbocycles. The van der Waals surface area contributed by atoms with E-state index in [1.165, 1.54) is 27.2 Å². The van der Waals surface area contributed by atoms with Gasteiger partial charge in [0.25, 0.3) is 0 Å². The maximum Gasteiger partial charge on any atom is 0.164 e. The molecule has 5 heteroatoms. The van der Waals surface area contributed by atoms with Gasteiger partial charge in [0.1, 0.15) is 0 Å². The van der Waals surface area contributed by atoms with Crippen LogP contribution in [0.4, 0.5) is 0 Å².